The van der Waals surface area contributed by atoms with E-state index in [9.17, 15) is 17.6 Å². The molecule has 98 valence electrons. The van der Waals surface area contributed by atoms with Crippen molar-refractivity contribution in [3.05, 3.63) is 35.2 Å². The van der Waals surface area contributed by atoms with Crippen LogP contribution >= 0.6 is 11.3 Å². The molecule has 0 radical (unpaired) electrons. The van der Waals surface area contributed by atoms with Crippen molar-refractivity contribution in [2.45, 2.75) is 18.9 Å². The van der Waals surface area contributed by atoms with E-state index in [0.717, 1.165) is 15.6 Å². The molecule has 2 rings (SSSR count). The van der Waals surface area contributed by atoms with Crippen molar-refractivity contribution in [2.24, 2.45) is 0 Å². The molecule has 0 atom stereocenters. The number of thiophene rings is 1. The Morgan fingerprint density at radius 1 is 1.22 bits per heavy atom. The molecule has 0 aliphatic carbocycles. The van der Waals surface area contributed by atoms with Crippen LogP contribution in [0.5, 0.6) is 0 Å². The SMILES string of the molecule is FC(F)C(F)(F)CNCc1csc2ccccc12. The van der Waals surface area contributed by atoms with Crippen LogP contribution in [0.2, 0.25) is 0 Å². The molecular formula is C12H11F4NS. The highest BCUT2D eigenvalue weighted by Crippen LogP contribution is 2.26. The average molecular weight is 277 g/mol. The van der Waals surface area contributed by atoms with Crippen molar-refractivity contribution < 1.29 is 17.6 Å². The summed E-state index contributed by atoms with van der Waals surface area (Å²) in [7, 11) is 0. The largest absolute Gasteiger partial charge is 0.319 e. The van der Waals surface area contributed by atoms with Crippen molar-refractivity contribution in [3.8, 4) is 0 Å². The molecule has 0 unspecified atom stereocenters. The van der Waals surface area contributed by atoms with Crippen LogP contribution in [0.4, 0.5) is 17.6 Å². The second kappa shape index (κ2) is 5.24. The molecule has 1 nitrogen and oxygen atoms in total. The van der Waals surface area contributed by atoms with Crippen molar-refractivity contribution in [2.75, 3.05) is 6.54 Å². The number of fused-ring (bicyclic) bond motifs is 1. The van der Waals surface area contributed by atoms with Gasteiger partial charge in [-0.25, -0.2) is 8.78 Å². The topological polar surface area (TPSA) is 12.0 Å². The van der Waals surface area contributed by atoms with Gasteiger partial charge in [0, 0.05) is 11.2 Å². The van der Waals surface area contributed by atoms with Gasteiger partial charge in [-0.1, -0.05) is 18.2 Å². The van der Waals surface area contributed by atoms with Gasteiger partial charge in [-0.15, -0.1) is 11.3 Å². The number of hydrogen-bond acceptors (Lipinski definition) is 2. The molecule has 6 heteroatoms. The fraction of sp³-hybridized carbons (Fsp3) is 0.333. The van der Waals surface area contributed by atoms with Gasteiger partial charge in [0.25, 0.3) is 0 Å². The minimum atomic E-state index is -3.98. The fourth-order valence-corrected chi connectivity index (χ4v) is 2.57. The zero-order valence-corrected chi connectivity index (χ0v) is 10.1. The number of halogens is 4. The molecule has 0 spiro atoms. The van der Waals surface area contributed by atoms with Crippen molar-refractivity contribution >= 4 is 21.4 Å². The van der Waals surface area contributed by atoms with E-state index in [0.29, 0.717) is 0 Å². The maximum absolute atomic E-state index is 12.7. The van der Waals surface area contributed by atoms with E-state index in [2.05, 4.69) is 5.32 Å². The average Bonchev–Trinajstić information content (AvgIpc) is 2.72. The highest BCUT2D eigenvalue weighted by Gasteiger charge is 2.39. The van der Waals surface area contributed by atoms with Crippen LogP contribution in [0.3, 0.4) is 0 Å². The van der Waals surface area contributed by atoms with Gasteiger partial charge < -0.3 is 5.32 Å². The van der Waals surface area contributed by atoms with Crippen LogP contribution in [0, 0.1) is 0 Å². The number of rotatable bonds is 5. The van der Waals surface area contributed by atoms with E-state index in [1.165, 1.54) is 11.3 Å². The van der Waals surface area contributed by atoms with E-state index in [4.69, 9.17) is 0 Å². The van der Waals surface area contributed by atoms with Crippen LogP contribution in [-0.4, -0.2) is 18.9 Å². The molecular weight excluding hydrogens is 266 g/mol. The lowest BCUT2D eigenvalue weighted by Crippen LogP contribution is -2.38. The Kier molecular flexibility index (Phi) is 3.87. The Morgan fingerprint density at radius 2 is 1.94 bits per heavy atom. The summed E-state index contributed by atoms with van der Waals surface area (Å²) in [6.07, 6.45) is -3.63. The Balaban J connectivity index is 1.99. The molecule has 1 N–H and O–H groups in total. The molecule has 1 aromatic heterocycles. The van der Waals surface area contributed by atoms with E-state index in [-0.39, 0.29) is 6.54 Å². The van der Waals surface area contributed by atoms with Gasteiger partial charge in [0.2, 0.25) is 0 Å². The zero-order valence-electron chi connectivity index (χ0n) is 9.30. The van der Waals surface area contributed by atoms with Gasteiger partial charge in [-0.3, -0.25) is 0 Å². The lowest BCUT2D eigenvalue weighted by molar-refractivity contribution is -0.125. The summed E-state index contributed by atoms with van der Waals surface area (Å²) in [6, 6.07) is 7.55. The molecule has 0 amide bonds. The third-order valence-electron chi connectivity index (χ3n) is 2.56. The molecule has 0 aliphatic heterocycles. The lowest BCUT2D eigenvalue weighted by Gasteiger charge is -2.15. The quantitative estimate of drug-likeness (QED) is 0.817. The third kappa shape index (κ3) is 2.81. The molecule has 1 heterocycles. The monoisotopic (exact) mass is 277 g/mol. The summed E-state index contributed by atoms with van der Waals surface area (Å²) < 4.78 is 50.3. The van der Waals surface area contributed by atoms with Crippen LogP contribution in [0.15, 0.2) is 29.6 Å². The second-order valence-electron chi connectivity index (χ2n) is 3.92. The Morgan fingerprint density at radius 3 is 2.67 bits per heavy atom. The van der Waals surface area contributed by atoms with Gasteiger partial charge in [0.05, 0.1) is 6.54 Å². The van der Waals surface area contributed by atoms with Gasteiger partial charge in [-0.2, -0.15) is 8.78 Å². The summed E-state index contributed by atoms with van der Waals surface area (Å²) in [5, 5.41) is 5.19. The first-order chi connectivity index (χ1) is 8.50. The predicted molar refractivity (Wildman–Crippen MR) is 64.5 cm³/mol. The standard InChI is InChI=1S/C12H11F4NS/c13-11(14)12(15,16)7-17-5-8-6-18-10-4-2-1-3-9(8)10/h1-4,6,11,17H,5,7H2. The van der Waals surface area contributed by atoms with Gasteiger partial charge in [-0.05, 0) is 22.4 Å². The maximum atomic E-state index is 12.7. The van der Waals surface area contributed by atoms with Gasteiger partial charge in [0.1, 0.15) is 0 Å². The van der Waals surface area contributed by atoms with Crippen LogP contribution in [-0.2, 0) is 6.54 Å². The number of hydrogen-bond donors (Lipinski definition) is 1. The van der Waals surface area contributed by atoms with E-state index >= 15 is 0 Å². The summed E-state index contributed by atoms with van der Waals surface area (Å²) in [5.74, 6) is -3.98. The van der Waals surface area contributed by atoms with Crippen LogP contribution in [0.25, 0.3) is 10.1 Å². The highest BCUT2D eigenvalue weighted by atomic mass is 32.1. The molecule has 2 aromatic rings. The summed E-state index contributed by atoms with van der Waals surface area (Å²) >= 11 is 1.50. The molecule has 0 aliphatic rings. The Labute approximate surface area is 105 Å². The molecule has 0 fully saturated rings. The normalized spacial score (nSPS) is 12.5. The second-order valence-corrected chi connectivity index (χ2v) is 4.83. The zero-order chi connectivity index (χ0) is 13.2. The molecule has 1 aromatic carbocycles. The summed E-state index contributed by atoms with van der Waals surface area (Å²) in [5.41, 5.74) is 0.848. The first kappa shape index (κ1) is 13.3. The molecule has 0 saturated heterocycles. The van der Waals surface area contributed by atoms with E-state index in [1.807, 2.05) is 29.6 Å². The van der Waals surface area contributed by atoms with Crippen molar-refractivity contribution in [1.82, 2.24) is 5.32 Å². The Hall–Kier alpha value is -1.14. The predicted octanol–water partition coefficient (Wildman–Crippen LogP) is 3.89. The maximum Gasteiger partial charge on any atom is 0.319 e. The smallest absolute Gasteiger partial charge is 0.307 e. The molecule has 0 bridgehead atoms. The van der Waals surface area contributed by atoms with Gasteiger partial charge in [0.15, 0.2) is 0 Å². The lowest BCUT2D eigenvalue weighted by atomic mass is 10.2. The van der Waals surface area contributed by atoms with Crippen LogP contribution < -0.4 is 5.32 Å². The van der Waals surface area contributed by atoms with Crippen molar-refractivity contribution in [1.29, 1.82) is 0 Å². The number of benzene rings is 1. The fourth-order valence-electron chi connectivity index (χ4n) is 1.61. The molecule has 0 saturated carbocycles. The minimum absolute atomic E-state index is 0.159. The van der Waals surface area contributed by atoms with Gasteiger partial charge >= 0.3 is 12.3 Å². The van der Waals surface area contributed by atoms with Crippen LogP contribution in [0.1, 0.15) is 5.56 Å². The number of alkyl halides is 4. The van der Waals surface area contributed by atoms with E-state index < -0.39 is 18.9 Å². The first-order valence-corrected chi connectivity index (χ1v) is 6.20. The summed E-state index contributed by atoms with van der Waals surface area (Å²) in [4.78, 5) is 0. The highest BCUT2D eigenvalue weighted by molar-refractivity contribution is 7.17. The van der Waals surface area contributed by atoms with Crippen molar-refractivity contribution in [3.63, 3.8) is 0 Å². The van der Waals surface area contributed by atoms with E-state index in [1.54, 1.807) is 0 Å². The first-order valence-electron chi connectivity index (χ1n) is 5.32. The Bertz CT molecular complexity index is 524. The number of nitrogens with one attached hydrogen (secondary N) is 1. The summed E-state index contributed by atoms with van der Waals surface area (Å²) in [6.45, 7) is -0.860. The third-order valence-corrected chi connectivity index (χ3v) is 3.57. The molecule has 18 heavy (non-hydrogen) atoms. The minimum Gasteiger partial charge on any atom is -0.307 e.